The van der Waals surface area contributed by atoms with Crippen molar-refractivity contribution in [1.29, 1.82) is 0 Å². The number of rotatable bonds is 3. The van der Waals surface area contributed by atoms with Crippen LogP contribution in [0.4, 0.5) is 0 Å². The predicted molar refractivity (Wildman–Crippen MR) is 64.9 cm³/mol. The maximum Gasteiger partial charge on any atom is 0.347 e. The van der Waals surface area contributed by atoms with Gasteiger partial charge in [0.05, 0.1) is 12.1 Å². The van der Waals surface area contributed by atoms with Gasteiger partial charge in [-0.1, -0.05) is 12.8 Å². The number of hydrogen-bond acceptors (Lipinski definition) is 4. The summed E-state index contributed by atoms with van der Waals surface area (Å²) in [4.78, 5) is 26.7. The molecular formula is C12H17N3O3. The molecule has 0 radical (unpaired) electrons. The van der Waals surface area contributed by atoms with E-state index in [2.05, 4.69) is 10.3 Å². The maximum absolute atomic E-state index is 11.8. The third-order valence-corrected chi connectivity index (χ3v) is 3.17. The van der Waals surface area contributed by atoms with Gasteiger partial charge in [-0.25, -0.2) is 9.78 Å². The lowest BCUT2D eigenvalue weighted by atomic mass is 9.92. The van der Waals surface area contributed by atoms with E-state index in [1.807, 2.05) is 0 Å². The Balaban J connectivity index is 1.92. The van der Waals surface area contributed by atoms with E-state index in [9.17, 15) is 14.7 Å². The molecule has 2 atom stereocenters. The van der Waals surface area contributed by atoms with Gasteiger partial charge in [0, 0.05) is 12.4 Å². The molecule has 1 aliphatic rings. The number of hydrogen-bond donors (Lipinski definition) is 2. The number of aliphatic hydroxyl groups is 1. The molecular weight excluding hydrogens is 234 g/mol. The Bertz CT molecular complexity index is 472. The van der Waals surface area contributed by atoms with Crippen LogP contribution in [0, 0.1) is 0 Å². The topological polar surface area (TPSA) is 84.2 Å². The highest BCUT2D eigenvalue weighted by molar-refractivity contribution is 5.76. The highest BCUT2D eigenvalue weighted by Gasteiger charge is 2.24. The van der Waals surface area contributed by atoms with E-state index in [4.69, 9.17) is 0 Å². The summed E-state index contributed by atoms with van der Waals surface area (Å²) in [5, 5.41) is 12.5. The molecule has 1 saturated carbocycles. The summed E-state index contributed by atoms with van der Waals surface area (Å²) >= 11 is 0. The molecule has 0 bridgehead atoms. The van der Waals surface area contributed by atoms with E-state index >= 15 is 0 Å². The van der Waals surface area contributed by atoms with Gasteiger partial charge in [-0.05, 0) is 18.9 Å². The molecule has 98 valence electrons. The molecule has 1 aliphatic carbocycles. The molecule has 2 rings (SSSR count). The lowest BCUT2D eigenvalue weighted by molar-refractivity contribution is -0.123. The Morgan fingerprint density at radius 3 is 3.00 bits per heavy atom. The van der Waals surface area contributed by atoms with Crippen LogP contribution in [-0.2, 0) is 11.3 Å². The Morgan fingerprint density at radius 2 is 2.28 bits per heavy atom. The molecule has 1 aromatic rings. The summed E-state index contributed by atoms with van der Waals surface area (Å²) in [6.07, 6.45) is 5.94. The summed E-state index contributed by atoms with van der Waals surface area (Å²) in [6.45, 7) is -0.0596. The molecule has 1 amide bonds. The quantitative estimate of drug-likeness (QED) is 0.770. The molecule has 0 aromatic carbocycles. The Hall–Kier alpha value is -1.69. The van der Waals surface area contributed by atoms with Crippen molar-refractivity contribution in [3.8, 4) is 0 Å². The highest BCUT2D eigenvalue weighted by Crippen LogP contribution is 2.18. The van der Waals surface area contributed by atoms with Crippen molar-refractivity contribution in [2.75, 3.05) is 0 Å². The Kier molecular flexibility index (Phi) is 4.09. The van der Waals surface area contributed by atoms with Crippen molar-refractivity contribution in [2.45, 2.75) is 44.4 Å². The average Bonchev–Trinajstić information content (AvgIpc) is 2.35. The first-order chi connectivity index (χ1) is 8.66. The van der Waals surface area contributed by atoms with Crippen molar-refractivity contribution < 1.29 is 9.90 Å². The van der Waals surface area contributed by atoms with Crippen molar-refractivity contribution in [1.82, 2.24) is 14.9 Å². The third-order valence-electron chi connectivity index (χ3n) is 3.17. The smallest absolute Gasteiger partial charge is 0.347 e. The van der Waals surface area contributed by atoms with Crippen LogP contribution in [-0.4, -0.2) is 32.7 Å². The number of carbonyl (C=O) groups excluding carboxylic acids is 1. The second kappa shape index (κ2) is 5.77. The zero-order chi connectivity index (χ0) is 13.0. The van der Waals surface area contributed by atoms with Gasteiger partial charge >= 0.3 is 5.69 Å². The normalized spacial score (nSPS) is 23.6. The summed E-state index contributed by atoms with van der Waals surface area (Å²) in [5.41, 5.74) is -0.447. The minimum absolute atomic E-state index is 0.0596. The average molecular weight is 251 g/mol. The van der Waals surface area contributed by atoms with Gasteiger partial charge in [0.2, 0.25) is 5.91 Å². The van der Waals surface area contributed by atoms with Crippen LogP contribution in [0.15, 0.2) is 23.3 Å². The van der Waals surface area contributed by atoms with Crippen LogP contribution in [0.1, 0.15) is 25.7 Å². The second-order valence-electron chi connectivity index (χ2n) is 4.56. The number of nitrogens with zero attached hydrogens (tertiary/aromatic N) is 2. The largest absolute Gasteiger partial charge is 0.391 e. The molecule has 1 aromatic heterocycles. The zero-order valence-electron chi connectivity index (χ0n) is 10.1. The van der Waals surface area contributed by atoms with Gasteiger partial charge in [-0.3, -0.25) is 9.36 Å². The van der Waals surface area contributed by atoms with Crippen LogP contribution < -0.4 is 11.0 Å². The van der Waals surface area contributed by atoms with Gasteiger partial charge in [-0.15, -0.1) is 0 Å². The number of amides is 1. The molecule has 6 heteroatoms. The van der Waals surface area contributed by atoms with Gasteiger partial charge in [0.25, 0.3) is 0 Å². The van der Waals surface area contributed by atoms with Crippen molar-refractivity contribution in [2.24, 2.45) is 0 Å². The van der Waals surface area contributed by atoms with Crippen LogP contribution in [0.3, 0.4) is 0 Å². The molecule has 0 saturated heterocycles. The van der Waals surface area contributed by atoms with Crippen LogP contribution in [0.25, 0.3) is 0 Å². The summed E-state index contributed by atoms with van der Waals surface area (Å²) in [7, 11) is 0. The first kappa shape index (κ1) is 12.8. The van der Waals surface area contributed by atoms with E-state index in [0.717, 1.165) is 25.7 Å². The number of carbonyl (C=O) groups is 1. The lowest BCUT2D eigenvalue weighted by Crippen LogP contribution is -2.46. The molecule has 0 unspecified atom stereocenters. The number of nitrogens with one attached hydrogen (secondary N) is 1. The molecule has 1 fully saturated rings. The zero-order valence-corrected chi connectivity index (χ0v) is 10.1. The standard InChI is InChI=1S/C12H17N3O3/c16-10-5-2-1-4-9(10)14-11(17)8-15-7-3-6-13-12(15)18/h3,6-7,9-10,16H,1-2,4-5,8H2,(H,14,17)/t9-,10-/m1/s1. The maximum atomic E-state index is 11.8. The fraction of sp³-hybridized carbons (Fsp3) is 0.583. The number of aromatic nitrogens is 2. The van der Waals surface area contributed by atoms with Crippen LogP contribution in [0.5, 0.6) is 0 Å². The van der Waals surface area contributed by atoms with E-state index in [-0.39, 0.29) is 18.5 Å². The van der Waals surface area contributed by atoms with Crippen LogP contribution >= 0.6 is 0 Å². The van der Waals surface area contributed by atoms with E-state index in [0.29, 0.717) is 0 Å². The van der Waals surface area contributed by atoms with Crippen LogP contribution in [0.2, 0.25) is 0 Å². The first-order valence-electron chi connectivity index (χ1n) is 6.16. The van der Waals surface area contributed by atoms with E-state index < -0.39 is 11.8 Å². The third kappa shape index (κ3) is 3.16. The Morgan fingerprint density at radius 1 is 1.50 bits per heavy atom. The van der Waals surface area contributed by atoms with Gasteiger partial charge in [0.1, 0.15) is 6.54 Å². The SMILES string of the molecule is O=C(Cn1cccnc1=O)N[C@@H]1CCCC[C@H]1O. The monoisotopic (exact) mass is 251 g/mol. The summed E-state index contributed by atoms with van der Waals surface area (Å²) in [6, 6.07) is 1.41. The fourth-order valence-corrected chi connectivity index (χ4v) is 2.19. The van der Waals surface area contributed by atoms with E-state index in [1.165, 1.54) is 17.0 Å². The van der Waals surface area contributed by atoms with Crippen molar-refractivity contribution in [3.63, 3.8) is 0 Å². The highest BCUT2D eigenvalue weighted by atomic mass is 16.3. The van der Waals surface area contributed by atoms with Gasteiger partial charge in [0.15, 0.2) is 0 Å². The first-order valence-corrected chi connectivity index (χ1v) is 6.16. The predicted octanol–water partition coefficient (Wildman–Crippen LogP) is -0.337. The number of aliphatic hydroxyl groups excluding tert-OH is 1. The molecule has 6 nitrogen and oxygen atoms in total. The van der Waals surface area contributed by atoms with Crippen molar-refractivity contribution in [3.05, 3.63) is 28.9 Å². The Labute approximate surface area is 105 Å². The van der Waals surface area contributed by atoms with E-state index in [1.54, 1.807) is 6.07 Å². The fourth-order valence-electron chi connectivity index (χ4n) is 2.19. The molecule has 18 heavy (non-hydrogen) atoms. The molecule has 0 spiro atoms. The summed E-state index contributed by atoms with van der Waals surface area (Å²) in [5.74, 6) is -0.268. The second-order valence-corrected chi connectivity index (χ2v) is 4.56. The van der Waals surface area contributed by atoms with Gasteiger partial charge in [-0.2, -0.15) is 0 Å². The molecule has 2 N–H and O–H groups in total. The minimum Gasteiger partial charge on any atom is -0.391 e. The molecule has 0 aliphatic heterocycles. The van der Waals surface area contributed by atoms with Gasteiger partial charge < -0.3 is 10.4 Å². The lowest BCUT2D eigenvalue weighted by Gasteiger charge is -2.28. The summed E-state index contributed by atoms with van der Waals surface area (Å²) < 4.78 is 1.24. The molecule has 1 heterocycles. The minimum atomic E-state index is -0.478. The van der Waals surface area contributed by atoms with Crippen molar-refractivity contribution >= 4 is 5.91 Å².